The molecule has 0 aliphatic carbocycles. The maximum absolute atomic E-state index is 12.4. The lowest BCUT2D eigenvalue weighted by Gasteiger charge is -2.25. The van der Waals surface area contributed by atoms with E-state index >= 15 is 0 Å². The highest BCUT2D eigenvalue weighted by molar-refractivity contribution is 7.10. The number of carbonyl (C=O) groups is 2. The molecule has 4 rings (SSSR count). The Balaban J connectivity index is 1.62. The monoisotopic (exact) mass is 347 g/mol. The van der Waals surface area contributed by atoms with Crippen LogP contribution in [0.5, 0.6) is 0 Å². The highest BCUT2D eigenvalue weighted by Crippen LogP contribution is 2.31. The molecular weight excluding hydrogens is 332 g/mol. The van der Waals surface area contributed by atoms with Gasteiger partial charge >= 0.3 is 5.91 Å². The van der Waals surface area contributed by atoms with Crippen LogP contribution in [0.2, 0.25) is 5.02 Å². The topological polar surface area (TPSA) is 41.8 Å². The minimum absolute atomic E-state index is 0.411. The molecule has 23 heavy (non-hydrogen) atoms. The van der Waals surface area contributed by atoms with Crippen LogP contribution in [0.3, 0.4) is 0 Å². The van der Waals surface area contributed by atoms with E-state index in [2.05, 4.69) is 17.5 Å². The first-order chi connectivity index (χ1) is 11.1. The summed E-state index contributed by atoms with van der Waals surface area (Å²) >= 11 is 7.72. The van der Waals surface area contributed by atoms with Crippen molar-refractivity contribution in [2.45, 2.75) is 18.9 Å². The number of quaternary nitrogens is 1. The molecule has 1 amide bonds. The second kappa shape index (κ2) is 5.74. The Morgan fingerprint density at radius 2 is 2.17 bits per heavy atom. The first-order valence-corrected chi connectivity index (χ1v) is 8.94. The second-order valence-electron chi connectivity index (χ2n) is 6.00. The fourth-order valence-electron chi connectivity index (χ4n) is 3.57. The number of amides is 1. The third kappa shape index (κ3) is 2.49. The zero-order chi connectivity index (χ0) is 16.0. The molecule has 1 fully saturated rings. The van der Waals surface area contributed by atoms with Gasteiger partial charge in [-0.2, -0.15) is 0 Å². The number of thiophene rings is 1. The first-order valence-electron chi connectivity index (χ1n) is 7.69. The molecule has 0 bridgehead atoms. The van der Waals surface area contributed by atoms with Crippen molar-refractivity contribution < 1.29 is 14.5 Å². The van der Waals surface area contributed by atoms with E-state index in [0.717, 1.165) is 19.4 Å². The van der Waals surface area contributed by atoms with Crippen LogP contribution in [0, 0.1) is 0 Å². The number of nitrogens with one attached hydrogen (secondary N) is 1. The third-order valence-corrected chi connectivity index (χ3v) is 5.89. The number of fused-ring (bicyclic) bond motifs is 1. The number of nitrogens with zero attached hydrogens (tertiary/aromatic N) is 1. The molecule has 1 N–H and O–H groups in total. The predicted octanol–water partition coefficient (Wildman–Crippen LogP) is 2.31. The molecule has 118 valence electrons. The van der Waals surface area contributed by atoms with Gasteiger partial charge in [0.05, 0.1) is 22.7 Å². The molecule has 2 atom stereocenters. The highest BCUT2D eigenvalue weighted by Gasteiger charge is 2.40. The summed E-state index contributed by atoms with van der Waals surface area (Å²) in [6.45, 7) is 1.55. The van der Waals surface area contributed by atoms with Gasteiger partial charge in [-0.1, -0.05) is 17.7 Å². The lowest BCUT2D eigenvalue weighted by molar-refractivity contribution is -0.916. The number of hydrogen-bond donors (Lipinski definition) is 1. The van der Waals surface area contributed by atoms with Crippen molar-refractivity contribution in [2.24, 2.45) is 0 Å². The van der Waals surface area contributed by atoms with E-state index in [1.807, 2.05) is 0 Å². The Morgan fingerprint density at radius 3 is 2.96 bits per heavy atom. The molecule has 1 saturated heterocycles. The Kier molecular flexibility index (Phi) is 3.71. The fourth-order valence-corrected chi connectivity index (χ4v) is 4.66. The maximum Gasteiger partial charge on any atom is 0.303 e. The lowest BCUT2D eigenvalue weighted by Crippen LogP contribution is -3.12. The van der Waals surface area contributed by atoms with Gasteiger partial charge in [0, 0.05) is 17.9 Å². The van der Waals surface area contributed by atoms with E-state index in [1.165, 1.54) is 9.78 Å². The molecule has 1 aromatic carbocycles. The van der Waals surface area contributed by atoms with Crippen molar-refractivity contribution in [3.63, 3.8) is 0 Å². The fraction of sp³-hybridized carbons (Fsp3) is 0.294. The molecule has 1 aromatic heterocycles. The van der Waals surface area contributed by atoms with Crippen molar-refractivity contribution in [3.05, 3.63) is 51.2 Å². The van der Waals surface area contributed by atoms with E-state index in [-0.39, 0.29) is 0 Å². The van der Waals surface area contributed by atoms with Gasteiger partial charge in [0.25, 0.3) is 5.78 Å². The van der Waals surface area contributed by atoms with Crippen molar-refractivity contribution in [1.82, 2.24) is 0 Å². The van der Waals surface area contributed by atoms with Crippen LogP contribution in [-0.4, -0.2) is 24.9 Å². The molecule has 0 spiro atoms. The van der Waals surface area contributed by atoms with Gasteiger partial charge in [-0.05, 0) is 29.6 Å². The van der Waals surface area contributed by atoms with E-state index < -0.39 is 11.7 Å². The van der Waals surface area contributed by atoms with Crippen molar-refractivity contribution >= 4 is 40.3 Å². The van der Waals surface area contributed by atoms with Crippen LogP contribution in [0.1, 0.15) is 34.1 Å². The van der Waals surface area contributed by atoms with Gasteiger partial charge in [-0.15, -0.1) is 11.3 Å². The van der Waals surface area contributed by atoms with Crippen molar-refractivity contribution in [2.75, 3.05) is 18.1 Å². The number of likely N-dealkylation sites (tertiary alicyclic amines) is 1. The number of halogens is 1. The largest absolute Gasteiger partial charge is 0.311 e. The molecule has 0 radical (unpaired) electrons. The summed E-state index contributed by atoms with van der Waals surface area (Å²) in [5.41, 5.74) is 1.11. The molecule has 2 aliphatic heterocycles. The summed E-state index contributed by atoms with van der Waals surface area (Å²) in [7, 11) is 0. The van der Waals surface area contributed by atoms with E-state index in [1.54, 1.807) is 34.4 Å². The summed E-state index contributed by atoms with van der Waals surface area (Å²) < 4.78 is 0. The van der Waals surface area contributed by atoms with Gasteiger partial charge in [-0.3, -0.25) is 14.5 Å². The number of anilines is 1. The minimum atomic E-state index is -0.450. The Bertz CT molecular complexity index is 775. The number of benzene rings is 1. The third-order valence-electron chi connectivity index (χ3n) is 4.66. The molecule has 6 heteroatoms. The lowest BCUT2D eigenvalue weighted by atomic mass is 10.1. The van der Waals surface area contributed by atoms with Crippen LogP contribution in [0.4, 0.5) is 5.69 Å². The number of rotatable bonds is 3. The second-order valence-corrected chi connectivity index (χ2v) is 7.42. The van der Waals surface area contributed by atoms with Crippen molar-refractivity contribution in [1.29, 1.82) is 0 Å². The predicted molar refractivity (Wildman–Crippen MR) is 90.3 cm³/mol. The van der Waals surface area contributed by atoms with Gasteiger partial charge in [0.15, 0.2) is 6.67 Å². The van der Waals surface area contributed by atoms with Crippen LogP contribution in [0.15, 0.2) is 35.7 Å². The molecular formula is C17H16ClN2O2S+. The van der Waals surface area contributed by atoms with E-state index in [9.17, 15) is 9.59 Å². The number of Topliss-reactive ketones (excluding diaryl/α,β-unsaturated/α-hetero) is 1. The number of ketones is 1. The summed E-state index contributed by atoms with van der Waals surface area (Å²) in [5, 5.41) is 2.57. The summed E-state index contributed by atoms with van der Waals surface area (Å²) in [5.74, 6) is -0.889. The quantitative estimate of drug-likeness (QED) is 0.866. The molecule has 1 unspecified atom stereocenters. The molecule has 0 saturated carbocycles. The Hall–Kier alpha value is -1.69. The standard InChI is InChI=1S/C17H15ClN2O2S/c18-11-5-6-13-12(9-11)16(21)17(22)20(13)10-19-7-1-3-14(19)15-4-2-8-23-15/h2,4-6,8-9,14H,1,3,7,10H2/p+1/t14-/m0/s1. The molecule has 3 heterocycles. The van der Waals surface area contributed by atoms with E-state index in [4.69, 9.17) is 11.6 Å². The number of carbonyl (C=O) groups excluding carboxylic acids is 2. The zero-order valence-electron chi connectivity index (χ0n) is 12.4. The van der Waals surface area contributed by atoms with Crippen LogP contribution >= 0.6 is 22.9 Å². The molecule has 2 aliphatic rings. The first kappa shape index (κ1) is 14.9. The van der Waals surface area contributed by atoms with Gasteiger partial charge in [0.1, 0.15) is 6.04 Å². The van der Waals surface area contributed by atoms with Crippen molar-refractivity contribution in [3.8, 4) is 0 Å². The molecule has 2 aromatic rings. The average Bonchev–Trinajstić information content (AvgIpc) is 3.25. The van der Waals surface area contributed by atoms with Crippen LogP contribution in [0.25, 0.3) is 0 Å². The Morgan fingerprint density at radius 1 is 1.30 bits per heavy atom. The van der Waals surface area contributed by atoms with Crippen LogP contribution < -0.4 is 9.80 Å². The normalized spacial score (nSPS) is 23.6. The summed E-state index contributed by atoms with van der Waals surface area (Å²) in [6.07, 6.45) is 2.26. The average molecular weight is 348 g/mol. The van der Waals surface area contributed by atoms with Gasteiger partial charge < -0.3 is 4.90 Å². The van der Waals surface area contributed by atoms with Crippen LogP contribution in [-0.2, 0) is 4.79 Å². The Labute approximate surface area is 143 Å². The maximum atomic E-state index is 12.4. The van der Waals surface area contributed by atoms with E-state index in [0.29, 0.717) is 29.0 Å². The summed E-state index contributed by atoms with van der Waals surface area (Å²) in [4.78, 5) is 28.9. The van der Waals surface area contributed by atoms with Gasteiger partial charge in [0.2, 0.25) is 0 Å². The number of hydrogen-bond acceptors (Lipinski definition) is 3. The highest BCUT2D eigenvalue weighted by atomic mass is 35.5. The minimum Gasteiger partial charge on any atom is -0.311 e. The summed E-state index contributed by atoms with van der Waals surface area (Å²) in [6, 6.07) is 9.73. The van der Waals surface area contributed by atoms with Gasteiger partial charge in [-0.25, -0.2) is 0 Å². The molecule has 4 nitrogen and oxygen atoms in total. The smallest absolute Gasteiger partial charge is 0.303 e. The zero-order valence-corrected chi connectivity index (χ0v) is 14.0. The SMILES string of the molecule is O=C1C(=O)N(C[NH+]2CCC[C@H]2c2cccs2)c2ccc(Cl)cc21.